The lowest BCUT2D eigenvalue weighted by Crippen LogP contribution is -2.34. The molecule has 5 nitrogen and oxygen atoms in total. The van der Waals surface area contributed by atoms with Gasteiger partial charge in [-0.25, -0.2) is 14.8 Å². The van der Waals surface area contributed by atoms with Gasteiger partial charge in [-0.05, 0) is 30.9 Å². The zero-order valence-electron chi connectivity index (χ0n) is 14.7. The maximum Gasteiger partial charge on any atom is 0.326 e. The van der Waals surface area contributed by atoms with Crippen LogP contribution in [0.4, 0.5) is 5.82 Å². The van der Waals surface area contributed by atoms with Gasteiger partial charge in [0.25, 0.3) is 0 Å². The van der Waals surface area contributed by atoms with Gasteiger partial charge in [0.1, 0.15) is 23.0 Å². The number of aromatic nitrogens is 2. The number of rotatable bonds is 5. The topological polar surface area (TPSA) is 75.1 Å². The van der Waals surface area contributed by atoms with Crippen molar-refractivity contribution in [3.8, 4) is 11.1 Å². The summed E-state index contributed by atoms with van der Waals surface area (Å²) in [5.41, 5.74) is 4.54. The number of aryl methyl sites for hydroxylation is 2. The van der Waals surface area contributed by atoms with Gasteiger partial charge in [0.2, 0.25) is 0 Å². The van der Waals surface area contributed by atoms with Gasteiger partial charge in [-0.3, -0.25) is 0 Å². The van der Waals surface area contributed by atoms with E-state index in [9.17, 15) is 9.90 Å². The number of benzene rings is 1. The van der Waals surface area contributed by atoms with Crippen molar-refractivity contribution in [2.75, 3.05) is 5.32 Å². The Balaban J connectivity index is 2.15. The Labute approximate surface area is 150 Å². The normalized spacial score (nSPS) is 12.5. The fourth-order valence-corrected chi connectivity index (χ4v) is 3.87. The van der Waals surface area contributed by atoms with E-state index >= 15 is 0 Å². The van der Waals surface area contributed by atoms with E-state index in [0.717, 1.165) is 21.3 Å². The molecule has 1 atom stereocenters. The maximum atomic E-state index is 11.6. The lowest BCUT2D eigenvalue weighted by atomic mass is 9.98. The van der Waals surface area contributed by atoms with Crippen LogP contribution in [0.1, 0.15) is 25.0 Å². The molecule has 0 saturated heterocycles. The molecule has 3 rings (SSSR count). The minimum atomic E-state index is -0.884. The van der Waals surface area contributed by atoms with Crippen molar-refractivity contribution in [1.29, 1.82) is 0 Å². The molecule has 3 aromatic rings. The number of anilines is 1. The second-order valence-corrected chi connectivity index (χ2v) is 7.43. The first-order valence-corrected chi connectivity index (χ1v) is 9.05. The van der Waals surface area contributed by atoms with Crippen LogP contribution in [0.3, 0.4) is 0 Å². The standard InChI is InChI=1S/C19H21N3O2S/c1-10(2)16(19(23)24)22-17-15-14(8-25-18(15)21-9-20-17)13-6-5-11(3)7-12(13)4/h5-10,16H,1-4H3,(H,23,24)(H,20,21,22). The molecule has 0 aliphatic carbocycles. The van der Waals surface area contributed by atoms with Crippen LogP contribution in [0.25, 0.3) is 21.3 Å². The van der Waals surface area contributed by atoms with Crippen molar-refractivity contribution in [2.45, 2.75) is 33.7 Å². The fraction of sp³-hybridized carbons (Fsp3) is 0.316. The number of thiophene rings is 1. The highest BCUT2D eigenvalue weighted by atomic mass is 32.1. The van der Waals surface area contributed by atoms with Gasteiger partial charge >= 0.3 is 5.97 Å². The molecule has 130 valence electrons. The lowest BCUT2D eigenvalue weighted by Gasteiger charge is -2.19. The van der Waals surface area contributed by atoms with Crippen LogP contribution >= 0.6 is 11.3 Å². The summed E-state index contributed by atoms with van der Waals surface area (Å²) in [5, 5.41) is 15.5. The SMILES string of the molecule is Cc1ccc(-c2csc3ncnc(NC(C(=O)O)C(C)C)c23)c(C)c1. The van der Waals surface area contributed by atoms with Gasteiger partial charge in [-0.2, -0.15) is 0 Å². The summed E-state index contributed by atoms with van der Waals surface area (Å²) < 4.78 is 0. The van der Waals surface area contributed by atoms with Crippen LogP contribution in [0.5, 0.6) is 0 Å². The summed E-state index contributed by atoms with van der Waals surface area (Å²) in [6.07, 6.45) is 1.48. The predicted molar refractivity (Wildman–Crippen MR) is 102 cm³/mol. The third-order valence-electron chi connectivity index (χ3n) is 4.27. The maximum absolute atomic E-state index is 11.6. The number of fused-ring (bicyclic) bond motifs is 1. The van der Waals surface area contributed by atoms with E-state index in [1.807, 2.05) is 13.8 Å². The number of carboxylic acids is 1. The first-order valence-electron chi connectivity index (χ1n) is 8.17. The van der Waals surface area contributed by atoms with Gasteiger partial charge in [0, 0.05) is 10.9 Å². The second kappa shape index (κ2) is 6.80. The molecule has 2 aromatic heterocycles. The Hall–Kier alpha value is -2.47. The molecule has 0 fully saturated rings. The average Bonchev–Trinajstić information content (AvgIpc) is 2.96. The van der Waals surface area contributed by atoms with Gasteiger partial charge in [0.05, 0.1) is 5.39 Å². The summed E-state index contributed by atoms with van der Waals surface area (Å²) in [6.45, 7) is 7.90. The van der Waals surface area contributed by atoms with E-state index < -0.39 is 12.0 Å². The third-order valence-corrected chi connectivity index (χ3v) is 5.15. The van der Waals surface area contributed by atoms with Crippen molar-refractivity contribution < 1.29 is 9.90 Å². The number of aliphatic carboxylic acids is 1. The molecule has 2 heterocycles. The van der Waals surface area contributed by atoms with Gasteiger partial charge in [0.15, 0.2) is 0 Å². The Bertz CT molecular complexity index is 934. The van der Waals surface area contributed by atoms with Crippen LogP contribution < -0.4 is 5.32 Å². The second-order valence-electron chi connectivity index (χ2n) is 6.57. The van der Waals surface area contributed by atoms with E-state index in [-0.39, 0.29) is 5.92 Å². The molecule has 0 spiro atoms. The van der Waals surface area contributed by atoms with Crippen LogP contribution in [0.2, 0.25) is 0 Å². The van der Waals surface area contributed by atoms with Crippen molar-refractivity contribution in [3.63, 3.8) is 0 Å². The Morgan fingerprint density at radius 1 is 1.20 bits per heavy atom. The fourth-order valence-electron chi connectivity index (χ4n) is 2.96. The summed E-state index contributed by atoms with van der Waals surface area (Å²) in [4.78, 5) is 21.1. The number of hydrogen-bond donors (Lipinski definition) is 2. The lowest BCUT2D eigenvalue weighted by molar-refractivity contribution is -0.138. The Morgan fingerprint density at radius 3 is 2.60 bits per heavy atom. The molecular weight excluding hydrogens is 334 g/mol. The number of nitrogens with zero attached hydrogens (tertiary/aromatic N) is 2. The van der Waals surface area contributed by atoms with Crippen molar-refractivity contribution in [3.05, 3.63) is 41.0 Å². The average molecular weight is 355 g/mol. The van der Waals surface area contributed by atoms with Gasteiger partial charge in [-0.15, -0.1) is 11.3 Å². The molecule has 2 N–H and O–H groups in total. The molecular formula is C19H21N3O2S. The first-order chi connectivity index (χ1) is 11.9. The minimum absolute atomic E-state index is 0.0642. The Kier molecular flexibility index (Phi) is 4.72. The van der Waals surface area contributed by atoms with Gasteiger partial charge in [-0.1, -0.05) is 37.6 Å². The predicted octanol–water partition coefficient (Wildman–Crippen LogP) is 4.50. The van der Waals surface area contributed by atoms with Crippen LogP contribution in [-0.2, 0) is 4.79 Å². The highest BCUT2D eigenvalue weighted by Crippen LogP contribution is 2.38. The van der Waals surface area contributed by atoms with Gasteiger partial charge < -0.3 is 10.4 Å². The quantitative estimate of drug-likeness (QED) is 0.705. The molecule has 0 aliphatic rings. The van der Waals surface area contributed by atoms with E-state index in [0.29, 0.717) is 5.82 Å². The number of carbonyl (C=O) groups is 1. The Morgan fingerprint density at radius 2 is 1.96 bits per heavy atom. The zero-order chi connectivity index (χ0) is 18.1. The van der Waals surface area contributed by atoms with E-state index in [1.165, 1.54) is 17.5 Å². The zero-order valence-corrected chi connectivity index (χ0v) is 15.5. The molecule has 0 saturated carbocycles. The van der Waals surface area contributed by atoms with Crippen molar-refractivity contribution >= 4 is 33.3 Å². The summed E-state index contributed by atoms with van der Waals surface area (Å²) >= 11 is 1.54. The van der Waals surface area contributed by atoms with E-state index in [4.69, 9.17) is 0 Å². The molecule has 1 aromatic carbocycles. The number of hydrogen-bond acceptors (Lipinski definition) is 5. The minimum Gasteiger partial charge on any atom is -0.480 e. The monoisotopic (exact) mass is 355 g/mol. The molecule has 0 amide bonds. The highest BCUT2D eigenvalue weighted by Gasteiger charge is 2.24. The summed E-state index contributed by atoms with van der Waals surface area (Å²) in [7, 11) is 0. The van der Waals surface area contributed by atoms with E-state index in [2.05, 4.69) is 52.7 Å². The highest BCUT2D eigenvalue weighted by molar-refractivity contribution is 7.17. The van der Waals surface area contributed by atoms with Crippen molar-refractivity contribution in [2.24, 2.45) is 5.92 Å². The molecule has 1 unspecified atom stereocenters. The molecule has 25 heavy (non-hydrogen) atoms. The van der Waals surface area contributed by atoms with Crippen LogP contribution in [0.15, 0.2) is 29.9 Å². The first kappa shape index (κ1) is 17.4. The summed E-state index contributed by atoms with van der Waals surface area (Å²) in [6, 6.07) is 5.62. The molecule has 6 heteroatoms. The number of nitrogens with one attached hydrogen (secondary N) is 1. The largest absolute Gasteiger partial charge is 0.480 e. The smallest absolute Gasteiger partial charge is 0.326 e. The molecule has 0 radical (unpaired) electrons. The van der Waals surface area contributed by atoms with Crippen LogP contribution in [0, 0.1) is 19.8 Å². The van der Waals surface area contributed by atoms with Crippen LogP contribution in [-0.4, -0.2) is 27.1 Å². The molecule has 0 aliphatic heterocycles. The third kappa shape index (κ3) is 3.35. The molecule has 0 bridgehead atoms. The summed E-state index contributed by atoms with van der Waals surface area (Å²) in [5.74, 6) is -0.377. The van der Waals surface area contributed by atoms with E-state index in [1.54, 1.807) is 11.3 Å². The van der Waals surface area contributed by atoms with Crippen molar-refractivity contribution in [1.82, 2.24) is 9.97 Å². The number of carboxylic acid groups (broad SMARTS) is 1.